The Hall–Kier alpha value is -2.24. The quantitative estimate of drug-likeness (QED) is 0.231. The highest BCUT2D eigenvalue weighted by Crippen LogP contribution is 2.19. The number of carboxylic acid groups (broad SMARTS) is 1. The summed E-state index contributed by atoms with van der Waals surface area (Å²) in [6.07, 6.45) is 0.0437. The SMILES string of the molecule is CCC(C)C(NC(=O)C(N)CO)C(=O)NC(C(=O)N1CCCC1C(=O)O)C(C)O. The Labute approximate surface area is 169 Å². The van der Waals surface area contributed by atoms with Gasteiger partial charge in [0.05, 0.1) is 12.7 Å². The van der Waals surface area contributed by atoms with E-state index in [2.05, 4.69) is 10.6 Å². The van der Waals surface area contributed by atoms with Gasteiger partial charge in [0.2, 0.25) is 17.7 Å². The van der Waals surface area contributed by atoms with Crippen LogP contribution in [0, 0.1) is 5.92 Å². The lowest BCUT2D eigenvalue weighted by Gasteiger charge is -2.31. The summed E-state index contributed by atoms with van der Waals surface area (Å²) in [6, 6.07) is -4.62. The van der Waals surface area contributed by atoms with Gasteiger partial charge in [-0.2, -0.15) is 0 Å². The molecule has 0 radical (unpaired) electrons. The average Bonchev–Trinajstić information content (AvgIpc) is 3.17. The molecular formula is C18H32N4O7. The van der Waals surface area contributed by atoms with Gasteiger partial charge in [0.25, 0.3) is 0 Å². The normalized spacial score (nSPS) is 21.6. The number of carboxylic acids is 1. The van der Waals surface area contributed by atoms with Crippen molar-refractivity contribution >= 4 is 23.7 Å². The molecule has 1 fully saturated rings. The maximum Gasteiger partial charge on any atom is 0.326 e. The lowest BCUT2D eigenvalue weighted by molar-refractivity contribution is -0.151. The van der Waals surface area contributed by atoms with Gasteiger partial charge in [-0.25, -0.2) is 4.79 Å². The highest BCUT2D eigenvalue weighted by molar-refractivity contribution is 5.94. The average molecular weight is 416 g/mol. The van der Waals surface area contributed by atoms with Crippen LogP contribution in [0.25, 0.3) is 0 Å². The molecule has 6 atom stereocenters. The van der Waals surface area contributed by atoms with E-state index in [0.717, 1.165) is 4.90 Å². The van der Waals surface area contributed by atoms with Crippen molar-refractivity contribution in [3.8, 4) is 0 Å². The summed E-state index contributed by atoms with van der Waals surface area (Å²) in [5.74, 6) is -3.59. The van der Waals surface area contributed by atoms with E-state index in [1.165, 1.54) is 6.92 Å². The third-order valence-corrected chi connectivity index (χ3v) is 5.19. The smallest absolute Gasteiger partial charge is 0.326 e. The van der Waals surface area contributed by atoms with Gasteiger partial charge < -0.3 is 36.6 Å². The molecule has 0 aromatic heterocycles. The maximum atomic E-state index is 12.8. The summed E-state index contributed by atoms with van der Waals surface area (Å²) in [4.78, 5) is 50.2. The van der Waals surface area contributed by atoms with E-state index in [-0.39, 0.29) is 12.5 Å². The van der Waals surface area contributed by atoms with E-state index in [9.17, 15) is 29.4 Å². The van der Waals surface area contributed by atoms with Gasteiger partial charge in [-0.3, -0.25) is 14.4 Å². The first-order valence-electron chi connectivity index (χ1n) is 9.73. The van der Waals surface area contributed by atoms with Crippen LogP contribution in [0.4, 0.5) is 0 Å². The third-order valence-electron chi connectivity index (χ3n) is 5.19. The zero-order valence-corrected chi connectivity index (χ0v) is 17.0. The second kappa shape index (κ2) is 11.1. The number of nitrogens with one attached hydrogen (secondary N) is 2. The second-order valence-electron chi connectivity index (χ2n) is 7.42. The van der Waals surface area contributed by atoms with Crippen LogP contribution in [0.3, 0.4) is 0 Å². The Morgan fingerprint density at radius 1 is 1.14 bits per heavy atom. The summed E-state index contributed by atoms with van der Waals surface area (Å²) in [6.45, 7) is 4.46. The molecule has 1 rings (SSSR count). The Bertz CT molecular complexity index is 613. The highest BCUT2D eigenvalue weighted by atomic mass is 16.4. The lowest BCUT2D eigenvalue weighted by Crippen LogP contribution is -2.61. The number of hydrogen-bond acceptors (Lipinski definition) is 7. The maximum absolute atomic E-state index is 12.8. The Kier molecular flexibility index (Phi) is 9.47. The summed E-state index contributed by atoms with van der Waals surface area (Å²) >= 11 is 0. The fraction of sp³-hybridized carbons (Fsp3) is 0.778. The van der Waals surface area contributed by atoms with Gasteiger partial charge >= 0.3 is 5.97 Å². The van der Waals surface area contributed by atoms with Crippen molar-refractivity contribution in [2.24, 2.45) is 11.7 Å². The molecule has 3 amide bonds. The summed E-state index contributed by atoms with van der Waals surface area (Å²) in [7, 11) is 0. The predicted molar refractivity (Wildman–Crippen MR) is 102 cm³/mol. The van der Waals surface area contributed by atoms with Crippen molar-refractivity contribution in [1.29, 1.82) is 0 Å². The number of carbonyl (C=O) groups excluding carboxylic acids is 3. The molecule has 0 spiro atoms. The van der Waals surface area contributed by atoms with Crippen molar-refractivity contribution in [1.82, 2.24) is 15.5 Å². The van der Waals surface area contributed by atoms with Crippen LogP contribution < -0.4 is 16.4 Å². The number of carbonyl (C=O) groups is 4. The van der Waals surface area contributed by atoms with Crippen LogP contribution in [-0.4, -0.2) is 87.3 Å². The number of aliphatic hydroxyl groups is 2. The molecule has 6 unspecified atom stereocenters. The van der Waals surface area contributed by atoms with Crippen molar-refractivity contribution in [3.63, 3.8) is 0 Å². The standard InChI is InChI=1S/C18H32N4O7/c1-4-9(2)13(20-15(25)11(19)8-23)16(26)21-14(10(3)24)17(27)22-7-5-6-12(22)18(28)29/h9-14,23-24H,4-8,19H2,1-3H3,(H,20,25)(H,21,26)(H,28,29). The number of amides is 3. The largest absolute Gasteiger partial charge is 0.480 e. The Morgan fingerprint density at radius 2 is 1.72 bits per heavy atom. The zero-order chi connectivity index (χ0) is 22.3. The zero-order valence-electron chi connectivity index (χ0n) is 17.0. The highest BCUT2D eigenvalue weighted by Gasteiger charge is 2.40. The van der Waals surface area contributed by atoms with Crippen LogP contribution >= 0.6 is 0 Å². The monoisotopic (exact) mass is 416 g/mol. The number of aliphatic carboxylic acids is 1. The van der Waals surface area contributed by atoms with E-state index < -0.39 is 60.6 Å². The summed E-state index contributed by atoms with van der Waals surface area (Å²) < 4.78 is 0. The van der Waals surface area contributed by atoms with Gasteiger partial charge in [0.15, 0.2) is 0 Å². The summed E-state index contributed by atoms with van der Waals surface area (Å²) in [5, 5.41) is 33.2. The second-order valence-corrected chi connectivity index (χ2v) is 7.42. The van der Waals surface area contributed by atoms with Gasteiger partial charge in [-0.05, 0) is 25.7 Å². The van der Waals surface area contributed by atoms with Gasteiger partial charge in [0, 0.05) is 6.54 Å². The molecule has 1 heterocycles. The molecule has 0 saturated carbocycles. The molecule has 29 heavy (non-hydrogen) atoms. The first kappa shape index (κ1) is 24.8. The van der Waals surface area contributed by atoms with Crippen molar-refractivity contribution in [2.75, 3.05) is 13.2 Å². The topological polar surface area (TPSA) is 182 Å². The number of nitrogens with zero attached hydrogens (tertiary/aromatic N) is 1. The molecule has 0 aromatic rings. The molecule has 11 heteroatoms. The minimum absolute atomic E-state index is 0.214. The number of aliphatic hydroxyl groups excluding tert-OH is 2. The van der Waals surface area contributed by atoms with E-state index in [0.29, 0.717) is 19.3 Å². The van der Waals surface area contributed by atoms with Gasteiger partial charge in [-0.15, -0.1) is 0 Å². The fourth-order valence-corrected chi connectivity index (χ4v) is 3.14. The molecule has 0 bridgehead atoms. The molecule has 11 nitrogen and oxygen atoms in total. The minimum Gasteiger partial charge on any atom is -0.480 e. The minimum atomic E-state index is -1.36. The van der Waals surface area contributed by atoms with Crippen LogP contribution in [0.15, 0.2) is 0 Å². The number of likely N-dealkylation sites (tertiary alicyclic amines) is 1. The van der Waals surface area contributed by atoms with E-state index in [1.807, 2.05) is 6.92 Å². The lowest BCUT2D eigenvalue weighted by atomic mass is 9.97. The fourth-order valence-electron chi connectivity index (χ4n) is 3.14. The van der Waals surface area contributed by atoms with E-state index in [1.54, 1.807) is 6.92 Å². The third kappa shape index (κ3) is 6.38. The van der Waals surface area contributed by atoms with E-state index >= 15 is 0 Å². The number of nitrogens with two attached hydrogens (primary N) is 1. The molecule has 1 saturated heterocycles. The number of hydrogen-bond donors (Lipinski definition) is 6. The molecule has 1 aliphatic rings. The first-order chi connectivity index (χ1) is 13.5. The predicted octanol–water partition coefficient (Wildman–Crippen LogP) is -2.22. The van der Waals surface area contributed by atoms with Gasteiger partial charge in [-0.1, -0.05) is 20.3 Å². The van der Waals surface area contributed by atoms with Crippen LogP contribution in [0.1, 0.15) is 40.0 Å². The van der Waals surface area contributed by atoms with Crippen molar-refractivity contribution < 1.29 is 34.5 Å². The van der Waals surface area contributed by atoms with Crippen LogP contribution in [-0.2, 0) is 19.2 Å². The van der Waals surface area contributed by atoms with Gasteiger partial charge in [0.1, 0.15) is 24.2 Å². The summed E-state index contributed by atoms with van der Waals surface area (Å²) in [5.41, 5.74) is 5.48. The Morgan fingerprint density at radius 3 is 2.21 bits per heavy atom. The molecule has 0 aromatic carbocycles. The van der Waals surface area contributed by atoms with Crippen molar-refractivity contribution in [2.45, 2.75) is 70.3 Å². The molecule has 166 valence electrons. The number of rotatable bonds is 10. The van der Waals surface area contributed by atoms with Crippen molar-refractivity contribution in [3.05, 3.63) is 0 Å². The molecule has 0 aliphatic carbocycles. The van der Waals surface area contributed by atoms with E-state index in [4.69, 9.17) is 10.8 Å². The molecule has 7 N–H and O–H groups in total. The molecule has 1 aliphatic heterocycles. The first-order valence-corrected chi connectivity index (χ1v) is 9.73. The van der Waals surface area contributed by atoms with Crippen LogP contribution in [0.2, 0.25) is 0 Å². The van der Waals surface area contributed by atoms with Crippen LogP contribution in [0.5, 0.6) is 0 Å². The Balaban J connectivity index is 2.99. The molecular weight excluding hydrogens is 384 g/mol.